The Bertz CT molecular complexity index is 619. The third-order valence-corrected chi connectivity index (χ3v) is 3.96. The largest absolute Gasteiger partial charge is 0.469 e. The van der Waals surface area contributed by atoms with Crippen molar-refractivity contribution in [1.82, 2.24) is 0 Å². The monoisotopic (exact) mass is 305 g/mol. The van der Waals surface area contributed by atoms with E-state index in [-0.39, 0.29) is 36.1 Å². The van der Waals surface area contributed by atoms with Crippen molar-refractivity contribution in [2.24, 2.45) is 5.92 Å². The van der Waals surface area contributed by atoms with Gasteiger partial charge >= 0.3 is 5.97 Å². The van der Waals surface area contributed by atoms with Crippen molar-refractivity contribution in [2.45, 2.75) is 33.2 Å². The Morgan fingerprint density at radius 1 is 1.32 bits per heavy atom. The van der Waals surface area contributed by atoms with Crippen molar-refractivity contribution in [3.8, 4) is 0 Å². The molecule has 5 heteroatoms. The van der Waals surface area contributed by atoms with Crippen molar-refractivity contribution >= 4 is 17.6 Å². The number of rotatable bonds is 4. The first-order valence-corrected chi connectivity index (χ1v) is 7.23. The van der Waals surface area contributed by atoms with E-state index in [2.05, 4.69) is 0 Å². The number of benzene rings is 1. The highest BCUT2D eigenvalue weighted by Crippen LogP contribution is 2.36. The van der Waals surface area contributed by atoms with Crippen molar-refractivity contribution in [2.75, 3.05) is 12.0 Å². The second-order valence-corrected chi connectivity index (χ2v) is 5.68. The third kappa shape index (κ3) is 2.89. The number of anilines is 1. The number of carbonyl (C=O) groups is 2. The number of hydrogen-bond acceptors (Lipinski definition) is 3. The van der Waals surface area contributed by atoms with Crippen LogP contribution in [0.2, 0.25) is 0 Å². The van der Waals surface area contributed by atoms with Crippen LogP contribution in [0, 0.1) is 11.7 Å². The molecule has 1 amide bonds. The summed E-state index contributed by atoms with van der Waals surface area (Å²) >= 11 is 0. The summed E-state index contributed by atoms with van der Waals surface area (Å²) in [6, 6.07) is 5.33. The van der Waals surface area contributed by atoms with E-state index in [1.54, 1.807) is 24.0 Å². The van der Waals surface area contributed by atoms with Crippen molar-refractivity contribution in [3.63, 3.8) is 0 Å². The number of amides is 1. The summed E-state index contributed by atoms with van der Waals surface area (Å²) in [5.41, 5.74) is 2.16. The van der Waals surface area contributed by atoms with E-state index in [0.29, 0.717) is 11.3 Å². The first kappa shape index (κ1) is 16.2. The smallest absolute Gasteiger partial charge is 0.307 e. The van der Waals surface area contributed by atoms with E-state index in [1.165, 1.54) is 19.2 Å². The molecule has 0 saturated heterocycles. The lowest BCUT2D eigenvalue weighted by Gasteiger charge is -2.28. The zero-order valence-electron chi connectivity index (χ0n) is 13.2. The van der Waals surface area contributed by atoms with Gasteiger partial charge in [0.25, 0.3) is 5.91 Å². The molecule has 0 N–H and O–H groups in total. The number of ether oxygens (including phenoxy) is 1. The predicted molar refractivity (Wildman–Crippen MR) is 81.8 cm³/mol. The molecule has 1 unspecified atom stereocenters. The number of methoxy groups -OCH3 is 1. The zero-order valence-corrected chi connectivity index (χ0v) is 13.2. The molecule has 0 bridgehead atoms. The number of nitrogens with zero attached hydrogens (tertiary/aromatic N) is 1. The zero-order chi connectivity index (χ0) is 16.4. The van der Waals surface area contributed by atoms with Gasteiger partial charge in [-0.05, 0) is 42.7 Å². The Hall–Kier alpha value is -2.17. The maximum absolute atomic E-state index is 13.1. The van der Waals surface area contributed by atoms with Gasteiger partial charge in [0.05, 0.1) is 19.6 Å². The standard InChI is InChI=1S/C17H20FNO3/c1-10(2)16-11(3)17(21)19(14(16)9-15(20)22-4)13-7-5-12(18)6-8-13/h5-8,10,14H,9H2,1-4H3. The lowest BCUT2D eigenvalue weighted by Crippen LogP contribution is -2.38. The Balaban J connectivity index is 2.45. The highest BCUT2D eigenvalue weighted by atomic mass is 19.1. The Morgan fingerprint density at radius 2 is 1.91 bits per heavy atom. The normalized spacial score (nSPS) is 18.4. The Labute approximate surface area is 129 Å². The minimum Gasteiger partial charge on any atom is -0.469 e. The summed E-state index contributed by atoms with van der Waals surface area (Å²) in [5, 5.41) is 0. The molecule has 0 saturated carbocycles. The Kier molecular flexibility index (Phi) is 4.64. The summed E-state index contributed by atoms with van der Waals surface area (Å²) in [4.78, 5) is 25.9. The molecule has 1 aromatic rings. The first-order valence-electron chi connectivity index (χ1n) is 7.23. The van der Waals surface area contributed by atoms with Crippen LogP contribution in [0.25, 0.3) is 0 Å². The van der Waals surface area contributed by atoms with E-state index < -0.39 is 0 Å². The van der Waals surface area contributed by atoms with Gasteiger partial charge in [-0.25, -0.2) is 4.39 Å². The molecule has 1 aliphatic rings. The van der Waals surface area contributed by atoms with Gasteiger partial charge in [-0.3, -0.25) is 9.59 Å². The first-order chi connectivity index (χ1) is 10.4. The van der Waals surface area contributed by atoms with Crippen LogP contribution in [-0.2, 0) is 14.3 Å². The van der Waals surface area contributed by atoms with Crippen LogP contribution in [0.3, 0.4) is 0 Å². The molecule has 22 heavy (non-hydrogen) atoms. The second-order valence-electron chi connectivity index (χ2n) is 5.68. The molecule has 0 aliphatic carbocycles. The lowest BCUT2D eigenvalue weighted by molar-refractivity contribution is -0.140. The van der Waals surface area contributed by atoms with Gasteiger partial charge in [-0.2, -0.15) is 0 Å². The van der Waals surface area contributed by atoms with E-state index >= 15 is 0 Å². The van der Waals surface area contributed by atoms with Crippen LogP contribution in [0.4, 0.5) is 10.1 Å². The van der Waals surface area contributed by atoms with Gasteiger partial charge in [0.1, 0.15) is 5.82 Å². The third-order valence-electron chi connectivity index (χ3n) is 3.96. The van der Waals surface area contributed by atoms with E-state index in [9.17, 15) is 14.0 Å². The average Bonchev–Trinajstić information content (AvgIpc) is 2.71. The van der Waals surface area contributed by atoms with E-state index in [1.807, 2.05) is 13.8 Å². The van der Waals surface area contributed by atoms with Gasteiger partial charge in [-0.1, -0.05) is 13.8 Å². The number of hydrogen-bond donors (Lipinski definition) is 0. The quantitative estimate of drug-likeness (QED) is 0.803. The summed E-state index contributed by atoms with van der Waals surface area (Å²) in [6.07, 6.45) is 0.0878. The summed E-state index contributed by atoms with van der Waals surface area (Å²) < 4.78 is 17.9. The van der Waals surface area contributed by atoms with Crippen LogP contribution >= 0.6 is 0 Å². The summed E-state index contributed by atoms with van der Waals surface area (Å²) in [6.45, 7) is 5.75. The van der Waals surface area contributed by atoms with Crippen LogP contribution in [-0.4, -0.2) is 25.0 Å². The molecular formula is C17H20FNO3. The highest BCUT2D eigenvalue weighted by molar-refractivity contribution is 6.10. The molecule has 1 aliphatic heterocycles. The average molecular weight is 305 g/mol. The second kappa shape index (κ2) is 6.30. The molecule has 2 rings (SSSR count). The van der Waals surface area contributed by atoms with Crippen LogP contribution in [0.15, 0.2) is 35.4 Å². The molecule has 0 aromatic heterocycles. The van der Waals surface area contributed by atoms with Gasteiger partial charge < -0.3 is 9.64 Å². The fourth-order valence-electron chi connectivity index (χ4n) is 2.99. The summed E-state index contributed by atoms with van der Waals surface area (Å²) in [5.74, 6) is -0.764. The maximum atomic E-state index is 13.1. The van der Waals surface area contributed by atoms with E-state index in [0.717, 1.165) is 5.57 Å². The van der Waals surface area contributed by atoms with Gasteiger partial charge in [0.2, 0.25) is 0 Å². The number of halogens is 1. The molecule has 0 fully saturated rings. The SMILES string of the molecule is COC(=O)CC1C(C(C)C)=C(C)C(=O)N1c1ccc(F)cc1. The van der Waals surface area contributed by atoms with Crippen LogP contribution in [0.1, 0.15) is 27.2 Å². The van der Waals surface area contributed by atoms with Crippen molar-refractivity contribution < 1.29 is 18.7 Å². The minimum absolute atomic E-state index is 0.0878. The molecule has 0 radical (unpaired) electrons. The van der Waals surface area contributed by atoms with Crippen LogP contribution in [0.5, 0.6) is 0 Å². The van der Waals surface area contributed by atoms with Gasteiger partial charge in [-0.15, -0.1) is 0 Å². The number of esters is 1. The molecule has 1 heterocycles. The maximum Gasteiger partial charge on any atom is 0.307 e. The number of carbonyl (C=O) groups excluding carboxylic acids is 2. The topological polar surface area (TPSA) is 46.6 Å². The molecule has 1 atom stereocenters. The van der Waals surface area contributed by atoms with Crippen molar-refractivity contribution in [3.05, 3.63) is 41.2 Å². The van der Waals surface area contributed by atoms with Crippen LogP contribution < -0.4 is 4.90 Å². The van der Waals surface area contributed by atoms with Crippen molar-refractivity contribution in [1.29, 1.82) is 0 Å². The van der Waals surface area contributed by atoms with Gasteiger partial charge in [0, 0.05) is 11.3 Å². The predicted octanol–water partition coefficient (Wildman–Crippen LogP) is 3.08. The molecule has 4 nitrogen and oxygen atoms in total. The highest BCUT2D eigenvalue weighted by Gasteiger charge is 2.40. The molecule has 1 aromatic carbocycles. The molecule has 0 spiro atoms. The van der Waals surface area contributed by atoms with E-state index in [4.69, 9.17) is 4.74 Å². The summed E-state index contributed by atoms with van der Waals surface area (Å²) in [7, 11) is 1.33. The Morgan fingerprint density at radius 3 is 2.41 bits per heavy atom. The fraction of sp³-hybridized carbons (Fsp3) is 0.412. The minimum atomic E-state index is -0.384. The molecule has 118 valence electrons. The molecular weight excluding hydrogens is 285 g/mol. The fourth-order valence-corrected chi connectivity index (χ4v) is 2.99. The van der Waals surface area contributed by atoms with Gasteiger partial charge in [0.15, 0.2) is 0 Å². The lowest BCUT2D eigenvalue weighted by atomic mass is 9.92.